The van der Waals surface area contributed by atoms with Crippen LogP contribution in [-0.4, -0.2) is 37.0 Å². The zero-order valence-corrected chi connectivity index (χ0v) is 16.0. The van der Waals surface area contributed by atoms with Crippen molar-refractivity contribution in [3.05, 3.63) is 40.3 Å². The van der Waals surface area contributed by atoms with Crippen LogP contribution in [0.3, 0.4) is 0 Å². The number of aryl methyl sites for hydroxylation is 1. The van der Waals surface area contributed by atoms with Gasteiger partial charge in [-0.3, -0.25) is 4.79 Å². The Morgan fingerprint density at radius 3 is 2.88 bits per heavy atom. The van der Waals surface area contributed by atoms with Crippen molar-refractivity contribution < 1.29 is 9.53 Å². The first kappa shape index (κ1) is 18.0. The number of fused-ring (bicyclic) bond motifs is 3. The molecule has 0 spiro atoms. The Kier molecular flexibility index (Phi) is 5.76. The van der Waals surface area contributed by atoms with E-state index in [2.05, 4.69) is 37.1 Å². The highest BCUT2D eigenvalue weighted by molar-refractivity contribution is 7.17. The van der Waals surface area contributed by atoms with Gasteiger partial charge in [0.05, 0.1) is 4.88 Å². The van der Waals surface area contributed by atoms with Crippen molar-refractivity contribution in [3.8, 4) is 16.2 Å². The van der Waals surface area contributed by atoms with Gasteiger partial charge in [0.1, 0.15) is 12.4 Å². The van der Waals surface area contributed by atoms with E-state index in [1.54, 1.807) is 11.3 Å². The van der Waals surface area contributed by atoms with Crippen molar-refractivity contribution in [3.63, 3.8) is 0 Å². The molecule has 1 N–H and O–H groups in total. The molecule has 0 bridgehead atoms. The Balaban J connectivity index is 1.66. The molecule has 0 saturated heterocycles. The number of rotatable bonds is 7. The molecule has 134 valence electrons. The molecule has 0 radical (unpaired) electrons. The second-order valence-corrected chi connectivity index (χ2v) is 7.39. The number of hydrogen-bond donors (Lipinski definition) is 1. The second-order valence-electron chi connectivity index (χ2n) is 6.34. The third-order valence-corrected chi connectivity index (χ3v) is 5.90. The number of hydrogen-bond acceptors (Lipinski definition) is 4. The molecule has 0 saturated carbocycles. The van der Waals surface area contributed by atoms with Crippen molar-refractivity contribution >= 4 is 17.2 Å². The van der Waals surface area contributed by atoms with Crippen LogP contribution in [0.15, 0.2) is 24.3 Å². The van der Waals surface area contributed by atoms with E-state index in [1.807, 2.05) is 18.2 Å². The van der Waals surface area contributed by atoms with Gasteiger partial charge in [0.25, 0.3) is 5.91 Å². The summed E-state index contributed by atoms with van der Waals surface area (Å²) in [5.74, 6) is 0.939. The van der Waals surface area contributed by atoms with E-state index in [1.165, 1.54) is 10.4 Å². The molecule has 0 aliphatic carbocycles. The van der Waals surface area contributed by atoms with Crippen LogP contribution in [-0.2, 0) is 6.61 Å². The van der Waals surface area contributed by atoms with Gasteiger partial charge in [0.2, 0.25) is 0 Å². The average molecular weight is 359 g/mol. The summed E-state index contributed by atoms with van der Waals surface area (Å²) in [4.78, 5) is 16.8. The Hall–Kier alpha value is -1.85. The topological polar surface area (TPSA) is 41.6 Å². The van der Waals surface area contributed by atoms with E-state index in [9.17, 15) is 4.79 Å². The zero-order chi connectivity index (χ0) is 17.8. The predicted molar refractivity (Wildman–Crippen MR) is 104 cm³/mol. The molecule has 1 aromatic carbocycles. The number of carbonyl (C=O) groups excluding carboxylic acids is 1. The number of benzene rings is 1. The van der Waals surface area contributed by atoms with Crippen LogP contribution >= 0.6 is 11.3 Å². The molecule has 1 amide bonds. The minimum atomic E-state index is 0.0223. The van der Waals surface area contributed by atoms with E-state index >= 15 is 0 Å². The Bertz CT molecular complexity index is 750. The molecular weight excluding hydrogens is 332 g/mol. The maximum absolute atomic E-state index is 12.5. The van der Waals surface area contributed by atoms with Gasteiger partial charge >= 0.3 is 0 Å². The molecule has 3 rings (SSSR count). The number of carbonyl (C=O) groups is 1. The van der Waals surface area contributed by atoms with Crippen LogP contribution in [0.5, 0.6) is 5.75 Å². The lowest BCUT2D eigenvalue weighted by Crippen LogP contribution is -2.29. The van der Waals surface area contributed by atoms with Crippen molar-refractivity contribution in [2.75, 3.05) is 26.2 Å². The van der Waals surface area contributed by atoms with Gasteiger partial charge in [-0.15, -0.1) is 11.3 Å². The van der Waals surface area contributed by atoms with Gasteiger partial charge in [0, 0.05) is 22.5 Å². The molecule has 2 heterocycles. The van der Waals surface area contributed by atoms with Crippen molar-refractivity contribution in [2.24, 2.45) is 0 Å². The number of nitrogens with one attached hydrogen (secondary N) is 1. The van der Waals surface area contributed by atoms with Gasteiger partial charge in [-0.05, 0) is 50.7 Å². The maximum Gasteiger partial charge on any atom is 0.261 e. The molecule has 5 heteroatoms. The van der Waals surface area contributed by atoms with Gasteiger partial charge in [-0.1, -0.05) is 26.0 Å². The fourth-order valence-corrected chi connectivity index (χ4v) is 4.40. The van der Waals surface area contributed by atoms with Gasteiger partial charge in [0.15, 0.2) is 0 Å². The molecule has 25 heavy (non-hydrogen) atoms. The summed E-state index contributed by atoms with van der Waals surface area (Å²) in [6.07, 6.45) is 0.976. The van der Waals surface area contributed by atoms with Gasteiger partial charge in [-0.25, -0.2) is 0 Å². The minimum absolute atomic E-state index is 0.0223. The van der Waals surface area contributed by atoms with Crippen LogP contribution in [0.1, 0.15) is 41.1 Å². The van der Waals surface area contributed by atoms with Gasteiger partial charge < -0.3 is 15.0 Å². The van der Waals surface area contributed by atoms with Gasteiger partial charge in [-0.2, -0.15) is 0 Å². The molecule has 0 atom stereocenters. The fraction of sp³-hybridized carbons (Fsp3) is 0.450. The van der Waals surface area contributed by atoms with Crippen LogP contribution in [0.4, 0.5) is 0 Å². The normalized spacial score (nSPS) is 12.5. The lowest BCUT2D eigenvalue weighted by molar-refractivity contribution is 0.0956. The summed E-state index contributed by atoms with van der Waals surface area (Å²) < 4.78 is 5.84. The Morgan fingerprint density at radius 1 is 1.32 bits per heavy atom. The molecule has 1 aromatic heterocycles. The van der Waals surface area contributed by atoms with E-state index < -0.39 is 0 Å². The summed E-state index contributed by atoms with van der Waals surface area (Å²) in [7, 11) is 0. The molecule has 1 aliphatic rings. The van der Waals surface area contributed by atoms with Crippen LogP contribution in [0.25, 0.3) is 10.4 Å². The first-order chi connectivity index (χ1) is 12.1. The largest absolute Gasteiger partial charge is 0.488 e. The monoisotopic (exact) mass is 358 g/mol. The number of amides is 1. The fourth-order valence-electron chi connectivity index (χ4n) is 3.20. The summed E-state index contributed by atoms with van der Waals surface area (Å²) in [5.41, 5.74) is 3.43. The van der Waals surface area contributed by atoms with Crippen LogP contribution in [0.2, 0.25) is 0 Å². The highest BCUT2D eigenvalue weighted by atomic mass is 32.1. The molecule has 2 aromatic rings. The molecule has 4 nitrogen and oxygen atoms in total. The smallest absolute Gasteiger partial charge is 0.261 e. The highest BCUT2D eigenvalue weighted by Gasteiger charge is 2.23. The lowest BCUT2D eigenvalue weighted by atomic mass is 10.0. The van der Waals surface area contributed by atoms with Crippen LogP contribution < -0.4 is 10.1 Å². The van der Waals surface area contributed by atoms with E-state index in [4.69, 9.17) is 4.74 Å². The summed E-state index contributed by atoms with van der Waals surface area (Å²) in [5, 5.41) is 3.05. The van der Waals surface area contributed by atoms with E-state index in [0.29, 0.717) is 13.2 Å². The average Bonchev–Trinajstić information content (AvgIpc) is 3.06. The first-order valence-corrected chi connectivity index (χ1v) is 9.81. The molecule has 1 aliphatic heterocycles. The maximum atomic E-state index is 12.5. The molecular formula is C20H26N2O2S. The minimum Gasteiger partial charge on any atom is -0.488 e. The first-order valence-electron chi connectivity index (χ1n) is 9.00. The standard InChI is InChI=1S/C20H26N2O2S/c1-4-22(5-2)11-7-10-21-20(23)17-12-15-13-24-16-9-6-8-14(3)18(16)19(15)25-17/h6,8-9,12H,4-5,7,10-11,13H2,1-3H3,(H,21,23). The van der Waals surface area contributed by atoms with Crippen molar-refractivity contribution in [2.45, 2.75) is 33.8 Å². The van der Waals surface area contributed by atoms with Crippen LogP contribution in [0, 0.1) is 6.92 Å². The molecule has 0 unspecified atom stereocenters. The summed E-state index contributed by atoms with van der Waals surface area (Å²) in [6.45, 7) is 10.8. The highest BCUT2D eigenvalue weighted by Crippen LogP contribution is 2.44. The van der Waals surface area contributed by atoms with E-state index in [-0.39, 0.29) is 5.91 Å². The van der Waals surface area contributed by atoms with Crippen molar-refractivity contribution in [1.29, 1.82) is 0 Å². The quantitative estimate of drug-likeness (QED) is 0.759. The molecule has 0 fully saturated rings. The van der Waals surface area contributed by atoms with E-state index in [0.717, 1.165) is 47.8 Å². The number of thiophene rings is 1. The number of nitrogens with zero attached hydrogens (tertiary/aromatic N) is 1. The van der Waals surface area contributed by atoms with Crippen molar-refractivity contribution in [1.82, 2.24) is 10.2 Å². The Labute approximate surface area is 153 Å². The third-order valence-electron chi connectivity index (χ3n) is 4.71. The zero-order valence-electron chi connectivity index (χ0n) is 15.2. The third kappa shape index (κ3) is 3.88. The predicted octanol–water partition coefficient (Wildman–Crippen LogP) is 4.08. The SMILES string of the molecule is CCN(CC)CCCNC(=O)c1cc2c(s1)-c1c(C)cccc1OC2. The lowest BCUT2D eigenvalue weighted by Gasteiger charge is -2.19. The summed E-state index contributed by atoms with van der Waals surface area (Å²) >= 11 is 1.57. The summed E-state index contributed by atoms with van der Waals surface area (Å²) in [6, 6.07) is 8.08. The Morgan fingerprint density at radius 2 is 2.12 bits per heavy atom. The number of ether oxygens (including phenoxy) is 1. The second kappa shape index (κ2) is 8.02.